The first-order valence-corrected chi connectivity index (χ1v) is 5.27. The summed E-state index contributed by atoms with van der Waals surface area (Å²) in [5, 5.41) is 17.2. The van der Waals surface area contributed by atoms with E-state index in [1.54, 1.807) is 0 Å². The third-order valence-corrected chi connectivity index (χ3v) is 2.50. The van der Waals surface area contributed by atoms with Crippen LogP contribution >= 0.6 is 0 Å². The van der Waals surface area contributed by atoms with Crippen molar-refractivity contribution in [3.63, 3.8) is 0 Å². The highest BCUT2D eigenvalue weighted by atomic mass is 16.3. The van der Waals surface area contributed by atoms with Crippen LogP contribution in [0.3, 0.4) is 0 Å². The van der Waals surface area contributed by atoms with Crippen LogP contribution in [0.15, 0.2) is 0 Å². The molecule has 0 aliphatic carbocycles. The third kappa shape index (κ3) is 2.12. The van der Waals surface area contributed by atoms with E-state index in [0.717, 1.165) is 25.2 Å². The molecular formula is C10H19N3O. The molecule has 1 atom stereocenters. The van der Waals surface area contributed by atoms with Gasteiger partial charge < -0.3 is 9.67 Å². The molecule has 0 fully saturated rings. The quantitative estimate of drug-likeness (QED) is 0.781. The van der Waals surface area contributed by atoms with Gasteiger partial charge in [-0.25, -0.2) is 0 Å². The largest absolute Gasteiger partial charge is 0.388 e. The van der Waals surface area contributed by atoms with Crippen molar-refractivity contribution in [2.75, 3.05) is 0 Å². The molecule has 0 aliphatic rings. The monoisotopic (exact) mass is 197 g/mol. The van der Waals surface area contributed by atoms with Crippen LogP contribution in [0.2, 0.25) is 0 Å². The summed E-state index contributed by atoms with van der Waals surface area (Å²) >= 11 is 0. The van der Waals surface area contributed by atoms with Gasteiger partial charge in [-0.05, 0) is 12.8 Å². The van der Waals surface area contributed by atoms with Crippen LogP contribution in [0.5, 0.6) is 0 Å². The second-order valence-corrected chi connectivity index (χ2v) is 3.59. The Labute approximate surface area is 85.0 Å². The minimum Gasteiger partial charge on any atom is -0.388 e. The number of rotatable bonds is 5. The maximum atomic E-state index is 9.09. The van der Waals surface area contributed by atoms with E-state index < -0.39 is 0 Å². The van der Waals surface area contributed by atoms with Crippen LogP contribution in [-0.2, 0) is 13.2 Å². The number of hydrogen-bond acceptors (Lipinski definition) is 3. The predicted molar refractivity (Wildman–Crippen MR) is 54.9 cm³/mol. The molecule has 1 rings (SSSR count). The lowest BCUT2D eigenvalue weighted by molar-refractivity contribution is 0.263. The van der Waals surface area contributed by atoms with Crippen LogP contribution in [0.4, 0.5) is 0 Å². The summed E-state index contributed by atoms with van der Waals surface area (Å²) in [7, 11) is 0. The normalized spacial score (nSPS) is 13.1. The Hall–Kier alpha value is -0.900. The van der Waals surface area contributed by atoms with Gasteiger partial charge in [0.05, 0.1) is 0 Å². The average Bonchev–Trinajstić information content (AvgIpc) is 2.60. The SMILES string of the molecule is CCCn1c(CO)nnc1C(C)CC. The van der Waals surface area contributed by atoms with E-state index in [9.17, 15) is 0 Å². The maximum absolute atomic E-state index is 9.09. The summed E-state index contributed by atoms with van der Waals surface area (Å²) in [5.41, 5.74) is 0. The van der Waals surface area contributed by atoms with Gasteiger partial charge >= 0.3 is 0 Å². The molecule has 1 N–H and O–H groups in total. The van der Waals surface area contributed by atoms with Crippen molar-refractivity contribution >= 4 is 0 Å². The van der Waals surface area contributed by atoms with Crippen molar-refractivity contribution in [2.45, 2.75) is 52.7 Å². The molecule has 4 heteroatoms. The number of aromatic nitrogens is 3. The number of hydrogen-bond donors (Lipinski definition) is 1. The minimum absolute atomic E-state index is 0.0244. The molecule has 1 aromatic rings. The van der Waals surface area contributed by atoms with Crippen molar-refractivity contribution in [2.24, 2.45) is 0 Å². The second-order valence-electron chi connectivity index (χ2n) is 3.59. The average molecular weight is 197 g/mol. The Kier molecular flexibility index (Phi) is 4.07. The molecule has 0 spiro atoms. The van der Waals surface area contributed by atoms with Gasteiger partial charge in [-0.1, -0.05) is 20.8 Å². The number of aliphatic hydroxyl groups excluding tert-OH is 1. The lowest BCUT2D eigenvalue weighted by Crippen LogP contribution is -2.09. The number of aliphatic hydroxyl groups is 1. The summed E-state index contributed by atoms with van der Waals surface area (Å²) in [6.07, 6.45) is 2.09. The highest BCUT2D eigenvalue weighted by Gasteiger charge is 2.14. The third-order valence-electron chi connectivity index (χ3n) is 2.50. The molecule has 0 saturated heterocycles. The fourth-order valence-electron chi connectivity index (χ4n) is 1.48. The smallest absolute Gasteiger partial charge is 0.158 e. The summed E-state index contributed by atoms with van der Waals surface area (Å²) in [6.45, 7) is 7.25. The Morgan fingerprint density at radius 3 is 2.57 bits per heavy atom. The van der Waals surface area contributed by atoms with Crippen LogP contribution in [0.1, 0.15) is 51.2 Å². The van der Waals surface area contributed by atoms with Crippen molar-refractivity contribution in [3.8, 4) is 0 Å². The molecule has 1 unspecified atom stereocenters. The van der Waals surface area contributed by atoms with E-state index in [0.29, 0.717) is 11.7 Å². The van der Waals surface area contributed by atoms with Crippen molar-refractivity contribution in [3.05, 3.63) is 11.6 Å². The van der Waals surface area contributed by atoms with Gasteiger partial charge in [0, 0.05) is 12.5 Å². The molecule has 0 radical (unpaired) electrons. The topological polar surface area (TPSA) is 50.9 Å². The van der Waals surface area contributed by atoms with Gasteiger partial charge in [0.1, 0.15) is 12.4 Å². The molecular weight excluding hydrogens is 178 g/mol. The minimum atomic E-state index is -0.0244. The first-order chi connectivity index (χ1) is 6.74. The van der Waals surface area contributed by atoms with Crippen LogP contribution < -0.4 is 0 Å². The highest BCUT2D eigenvalue weighted by molar-refractivity contribution is 5.00. The number of nitrogens with zero attached hydrogens (tertiary/aromatic N) is 3. The summed E-state index contributed by atoms with van der Waals surface area (Å²) in [6, 6.07) is 0. The molecule has 1 heterocycles. The fraction of sp³-hybridized carbons (Fsp3) is 0.800. The molecule has 0 aliphatic heterocycles. The molecule has 0 bridgehead atoms. The molecule has 14 heavy (non-hydrogen) atoms. The molecule has 0 saturated carbocycles. The standard InChI is InChI=1S/C10H19N3O/c1-4-6-13-9(7-14)11-12-10(13)8(3)5-2/h8,14H,4-7H2,1-3H3. The van der Waals surface area contributed by atoms with Gasteiger partial charge in [0.2, 0.25) is 0 Å². The first kappa shape index (κ1) is 11.2. The summed E-state index contributed by atoms with van der Waals surface area (Å²) in [4.78, 5) is 0. The van der Waals surface area contributed by atoms with E-state index in [1.807, 2.05) is 4.57 Å². The van der Waals surface area contributed by atoms with Gasteiger partial charge in [0.25, 0.3) is 0 Å². The molecule has 0 aromatic carbocycles. The van der Waals surface area contributed by atoms with Crippen molar-refractivity contribution in [1.82, 2.24) is 14.8 Å². The molecule has 0 amide bonds. The van der Waals surface area contributed by atoms with E-state index in [-0.39, 0.29) is 6.61 Å². The Morgan fingerprint density at radius 1 is 1.36 bits per heavy atom. The lowest BCUT2D eigenvalue weighted by atomic mass is 10.1. The van der Waals surface area contributed by atoms with Crippen LogP contribution in [-0.4, -0.2) is 19.9 Å². The fourth-order valence-corrected chi connectivity index (χ4v) is 1.48. The zero-order chi connectivity index (χ0) is 10.6. The molecule has 80 valence electrons. The van der Waals surface area contributed by atoms with Gasteiger partial charge in [-0.2, -0.15) is 0 Å². The lowest BCUT2D eigenvalue weighted by Gasteiger charge is -2.11. The second kappa shape index (κ2) is 5.10. The summed E-state index contributed by atoms with van der Waals surface area (Å²) in [5.74, 6) is 2.09. The van der Waals surface area contributed by atoms with Crippen LogP contribution in [0.25, 0.3) is 0 Å². The van der Waals surface area contributed by atoms with E-state index >= 15 is 0 Å². The van der Waals surface area contributed by atoms with Gasteiger partial charge in [0.15, 0.2) is 5.82 Å². The first-order valence-electron chi connectivity index (χ1n) is 5.27. The van der Waals surface area contributed by atoms with Crippen LogP contribution in [0, 0.1) is 0 Å². The molecule has 4 nitrogen and oxygen atoms in total. The van der Waals surface area contributed by atoms with Gasteiger partial charge in [-0.3, -0.25) is 0 Å². The predicted octanol–water partition coefficient (Wildman–Crippen LogP) is 1.69. The summed E-state index contributed by atoms with van der Waals surface area (Å²) < 4.78 is 2.04. The zero-order valence-corrected chi connectivity index (χ0v) is 9.19. The van der Waals surface area contributed by atoms with E-state index in [2.05, 4.69) is 31.0 Å². The van der Waals surface area contributed by atoms with E-state index in [1.165, 1.54) is 0 Å². The Bertz CT molecular complexity index is 283. The maximum Gasteiger partial charge on any atom is 0.158 e. The highest BCUT2D eigenvalue weighted by Crippen LogP contribution is 2.17. The van der Waals surface area contributed by atoms with E-state index in [4.69, 9.17) is 5.11 Å². The molecule has 1 aromatic heterocycles. The zero-order valence-electron chi connectivity index (χ0n) is 9.19. The van der Waals surface area contributed by atoms with Gasteiger partial charge in [-0.15, -0.1) is 10.2 Å². The Morgan fingerprint density at radius 2 is 2.07 bits per heavy atom. The van der Waals surface area contributed by atoms with Crippen molar-refractivity contribution < 1.29 is 5.11 Å². The Balaban J connectivity index is 2.97. The van der Waals surface area contributed by atoms with Crippen molar-refractivity contribution in [1.29, 1.82) is 0 Å².